The van der Waals surface area contributed by atoms with Gasteiger partial charge in [-0.05, 0) is 37.8 Å². The van der Waals surface area contributed by atoms with Crippen molar-refractivity contribution in [3.63, 3.8) is 0 Å². The molecule has 0 fully saturated rings. The smallest absolute Gasteiger partial charge is 0.291 e. The molecular formula is C13H21N3O4S. The number of nitro groups is 1. The van der Waals surface area contributed by atoms with E-state index in [1.54, 1.807) is 6.92 Å². The number of hydrogen-bond acceptors (Lipinski definition) is 5. The molecule has 0 aliphatic rings. The van der Waals surface area contributed by atoms with Gasteiger partial charge in [0.15, 0.2) is 4.90 Å². The Morgan fingerprint density at radius 2 is 1.90 bits per heavy atom. The minimum atomic E-state index is -3.95. The molecule has 1 atom stereocenters. The number of nitrogens with one attached hydrogen (secondary N) is 1. The molecule has 0 aliphatic carbocycles. The molecule has 8 heteroatoms. The van der Waals surface area contributed by atoms with Crippen molar-refractivity contribution in [2.45, 2.75) is 44.6 Å². The summed E-state index contributed by atoms with van der Waals surface area (Å²) in [5.74, 6) is 0.461. The molecule has 0 saturated carbocycles. The van der Waals surface area contributed by atoms with Crippen molar-refractivity contribution in [3.05, 3.63) is 28.3 Å². The van der Waals surface area contributed by atoms with E-state index in [1.165, 1.54) is 6.07 Å². The molecule has 0 saturated heterocycles. The van der Waals surface area contributed by atoms with Crippen LogP contribution in [0.5, 0.6) is 0 Å². The summed E-state index contributed by atoms with van der Waals surface area (Å²) in [6, 6.07) is 3.24. The van der Waals surface area contributed by atoms with Crippen LogP contribution < -0.4 is 10.5 Å². The Labute approximate surface area is 124 Å². The lowest BCUT2D eigenvalue weighted by atomic mass is 10.1. The second-order valence-corrected chi connectivity index (χ2v) is 7.16. The van der Waals surface area contributed by atoms with Crippen LogP contribution in [0.4, 0.5) is 11.4 Å². The van der Waals surface area contributed by atoms with Crippen molar-refractivity contribution in [1.29, 1.82) is 0 Å². The van der Waals surface area contributed by atoms with Crippen LogP contribution in [0.3, 0.4) is 0 Å². The molecule has 0 spiro atoms. The molecule has 0 bridgehead atoms. The van der Waals surface area contributed by atoms with Crippen LogP contribution in [0, 0.1) is 16.0 Å². The Morgan fingerprint density at radius 3 is 2.43 bits per heavy atom. The third-order valence-electron chi connectivity index (χ3n) is 3.00. The summed E-state index contributed by atoms with van der Waals surface area (Å²) in [5, 5.41) is 11.0. The van der Waals surface area contributed by atoms with E-state index in [2.05, 4.69) is 4.72 Å². The van der Waals surface area contributed by atoms with Crippen molar-refractivity contribution in [3.8, 4) is 0 Å². The molecule has 1 unspecified atom stereocenters. The number of nitrogens with two attached hydrogens (primary N) is 1. The molecule has 0 heterocycles. The van der Waals surface area contributed by atoms with Gasteiger partial charge >= 0.3 is 0 Å². The van der Waals surface area contributed by atoms with Crippen molar-refractivity contribution < 1.29 is 13.3 Å². The first-order chi connectivity index (χ1) is 9.63. The Kier molecular flexibility index (Phi) is 5.68. The Balaban J connectivity index is 3.00. The van der Waals surface area contributed by atoms with Gasteiger partial charge in [-0.1, -0.05) is 13.8 Å². The highest BCUT2D eigenvalue weighted by Gasteiger charge is 2.27. The molecule has 21 heavy (non-hydrogen) atoms. The minimum absolute atomic E-state index is 0.147. The van der Waals surface area contributed by atoms with Crippen molar-refractivity contribution in [2.24, 2.45) is 5.92 Å². The van der Waals surface area contributed by atoms with Gasteiger partial charge in [-0.3, -0.25) is 10.1 Å². The van der Waals surface area contributed by atoms with Crippen molar-refractivity contribution in [1.82, 2.24) is 4.72 Å². The molecule has 3 N–H and O–H groups in total. The molecular weight excluding hydrogens is 294 g/mol. The lowest BCUT2D eigenvalue weighted by Gasteiger charge is -2.15. The molecule has 0 aliphatic heterocycles. The summed E-state index contributed by atoms with van der Waals surface area (Å²) in [4.78, 5) is 9.87. The highest BCUT2D eigenvalue weighted by atomic mass is 32.2. The number of anilines is 1. The van der Waals surface area contributed by atoms with E-state index in [1.807, 2.05) is 13.8 Å². The zero-order valence-electron chi connectivity index (χ0n) is 12.4. The van der Waals surface area contributed by atoms with E-state index in [0.717, 1.165) is 18.6 Å². The number of nitrogens with zero attached hydrogens (tertiary/aromatic N) is 1. The van der Waals surface area contributed by atoms with E-state index in [9.17, 15) is 18.5 Å². The van der Waals surface area contributed by atoms with Crippen molar-refractivity contribution in [2.75, 3.05) is 5.73 Å². The van der Waals surface area contributed by atoms with Gasteiger partial charge in [0.1, 0.15) is 0 Å². The van der Waals surface area contributed by atoms with Crippen LogP contribution in [-0.4, -0.2) is 19.4 Å². The quantitative estimate of drug-likeness (QED) is 0.455. The summed E-state index contributed by atoms with van der Waals surface area (Å²) in [5.41, 5.74) is 5.10. The second kappa shape index (κ2) is 6.86. The molecule has 1 rings (SSSR count). The normalized spacial score (nSPS) is 13.3. The molecule has 0 radical (unpaired) electrons. The fourth-order valence-electron chi connectivity index (χ4n) is 1.87. The van der Waals surface area contributed by atoms with Crippen LogP contribution >= 0.6 is 0 Å². The van der Waals surface area contributed by atoms with E-state index < -0.39 is 20.6 Å². The van der Waals surface area contributed by atoms with Gasteiger partial charge in [-0.25, -0.2) is 13.1 Å². The molecule has 1 aromatic rings. The van der Waals surface area contributed by atoms with Crippen LogP contribution in [0.15, 0.2) is 23.1 Å². The van der Waals surface area contributed by atoms with Crippen LogP contribution in [0.25, 0.3) is 0 Å². The summed E-state index contributed by atoms with van der Waals surface area (Å²) in [6.45, 7) is 5.83. The largest absolute Gasteiger partial charge is 0.399 e. The summed E-state index contributed by atoms with van der Waals surface area (Å²) >= 11 is 0. The monoisotopic (exact) mass is 315 g/mol. The zero-order valence-corrected chi connectivity index (χ0v) is 13.2. The van der Waals surface area contributed by atoms with Crippen LogP contribution in [-0.2, 0) is 10.0 Å². The molecule has 0 amide bonds. The Bertz CT molecular complexity index is 614. The summed E-state index contributed by atoms with van der Waals surface area (Å²) in [6.07, 6.45) is 1.53. The maximum Gasteiger partial charge on any atom is 0.291 e. The van der Waals surface area contributed by atoms with Crippen molar-refractivity contribution >= 4 is 21.4 Å². The average Bonchev–Trinajstić information content (AvgIpc) is 2.35. The first-order valence-corrected chi connectivity index (χ1v) is 8.18. The van der Waals surface area contributed by atoms with Gasteiger partial charge in [-0.2, -0.15) is 0 Å². The highest BCUT2D eigenvalue weighted by molar-refractivity contribution is 7.89. The predicted octanol–water partition coefficient (Wildman–Crippen LogP) is 2.28. The fraction of sp³-hybridized carbons (Fsp3) is 0.538. The lowest BCUT2D eigenvalue weighted by Crippen LogP contribution is -2.33. The zero-order chi connectivity index (χ0) is 16.2. The third kappa shape index (κ3) is 4.98. The van der Waals surface area contributed by atoms with E-state index in [0.29, 0.717) is 12.3 Å². The van der Waals surface area contributed by atoms with Gasteiger partial charge in [0.05, 0.1) is 4.92 Å². The standard InChI is InChI=1S/C13H21N3O4S/c1-9(2)4-5-10(3)15-21(19,20)13-7-6-11(14)8-12(13)16(17)18/h6-10,15H,4-5,14H2,1-3H3. The number of sulfonamides is 1. The summed E-state index contributed by atoms with van der Waals surface area (Å²) in [7, 11) is -3.95. The number of nitro benzene ring substituents is 1. The first kappa shape index (κ1) is 17.4. The Hall–Kier alpha value is -1.67. The fourth-order valence-corrected chi connectivity index (χ4v) is 3.31. The number of benzene rings is 1. The van der Waals surface area contributed by atoms with Gasteiger partial charge in [-0.15, -0.1) is 0 Å². The van der Waals surface area contributed by atoms with Gasteiger partial charge < -0.3 is 5.73 Å². The first-order valence-electron chi connectivity index (χ1n) is 6.69. The molecule has 118 valence electrons. The number of rotatable bonds is 7. The minimum Gasteiger partial charge on any atom is -0.399 e. The molecule has 1 aromatic carbocycles. The van der Waals surface area contributed by atoms with E-state index >= 15 is 0 Å². The van der Waals surface area contributed by atoms with Gasteiger partial charge in [0.2, 0.25) is 10.0 Å². The summed E-state index contributed by atoms with van der Waals surface area (Å²) < 4.78 is 27.0. The lowest BCUT2D eigenvalue weighted by molar-refractivity contribution is -0.387. The van der Waals surface area contributed by atoms with Gasteiger partial charge in [0, 0.05) is 17.8 Å². The third-order valence-corrected chi connectivity index (χ3v) is 4.64. The molecule has 0 aromatic heterocycles. The highest BCUT2D eigenvalue weighted by Crippen LogP contribution is 2.26. The van der Waals surface area contributed by atoms with Crippen LogP contribution in [0.2, 0.25) is 0 Å². The Morgan fingerprint density at radius 1 is 1.29 bits per heavy atom. The van der Waals surface area contributed by atoms with Gasteiger partial charge in [0.25, 0.3) is 5.69 Å². The maximum atomic E-state index is 12.3. The molecule has 7 nitrogen and oxygen atoms in total. The van der Waals surface area contributed by atoms with E-state index in [4.69, 9.17) is 5.73 Å². The average molecular weight is 315 g/mol. The SMILES string of the molecule is CC(C)CCC(C)NS(=O)(=O)c1ccc(N)cc1[N+](=O)[O-]. The van der Waals surface area contributed by atoms with E-state index in [-0.39, 0.29) is 16.6 Å². The number of hydrogen-bond donors (Lipinski definition) is 2. The second-order valence-electron chi connectivity index (χ2n) is 5.48. The number of nitrogen functional groups attached to an aromatic ring is 1. The van der Waals surface area contributed by atoms with Crippen LogP contribution in [0.1, 0.15) is 33.6 Å². The topological polar surface area (TPSA) is 115 Å². The maximum absolute atomic E-state index is 12.3. The predicted molar refractivity (Wildman–Crippen MR) is 81.4 cm³/mol.